The summed E-state index contributed by atoms with van der Waals surface area (Å²) in [5.41, 5.74) is 4.99. The molecule has 8 nitrogen and oxygen atoms in total. The van der Waals surface area contributed by atoms with Gasteiger partial charge in [-0.25, -0.2) is 9.78 Å². The van der Waals surface area contributed by atoms with Gasteiger partial charge in [0.15, 0.2) is 0 Å². The average molecular weight is 266 g/mol. The molecule has 1 saturated heterocycles. The Balaban J connectivity index is 2.35. The highest BCUT2D eigenvalue weighted by atomic mass is 16.6. The molecule has 102 valence electrons. The van der Waals surface area contributed by atoms with Gasteiger partial charge >= 0.3 is 11.7 Å². The number of carboxylic acids is 1. The Morgan fingerprint density at radius 2 is 2.37 bits per heavy atom. The zero-order valence-electron chi connectivity index (χ0n) is 10.2. The van der Waals surface area contributed by atoms with E-state index in [1.54, 1.807) is 0 Å². The van der Waals surface area contributed by atoms with Crippen molar-refractivity contribution in [3.8, 4) is 0 Å². The van der Waals surface area contributed by atoms with Gasteiger partial charge in [-0.1, -0.05) is 0 Å². The molecule has 0 spiro atoms. The third-order valence-corrected chi connectivity index (χ3v) is 3.08. The van der Waals surface area contributed by atoms with Crippen LogP contribution in [0.2, 0.25) is 0 Å². The van der Waals surface area contributed by atoms with E-state index in [0.717, 1.165) is 25.6 Å². The molecule has 0 amide bonds. The molecule has 3 N–H and O–H groups in total. The van der Waals surface area contributed by atoms with Crippen molar-refractivity contribution in [3.05, 3.63) is 27.9 Å². The molecule has 0 saturated carbocycles. The fourth-order valence-electron chi connectivity index (χ4n) is 2.14. The third kappa shape index (κ3) is 2.79. The predicted molar refractivity (Wildman–Crippen MR) is 67.3 cm³/mol. The maximum atomic E-state index is 11.1. The van der Waals surface area contributed by atoms with Crippen molar-refractivity contribution in [2.45, 2.75) is 18.9 Å². The first-order valence-corrected chi connectivity index (χ1v) is 5.87. The number of nitrogens with zero attached hydrogens (tertiary/aromatic N) is 3. The first-order valence-electron chi connectivity index (χ1n) is 5.87. The number of piperidine rings is 1. The zero-order valence-corrected chi connectivity index (χ0v) is 10.2. The summed E-state index contributed by atoms with van der Waals surface area (Å²) in [7, 11) is 0. The molecule has 1 aromatic rings. The van der Waals surface area contributed by atoms with Crippen molar-refractivity contribution in [1.29, 1.82) is 0 Å². The number of aromatic carboxylic acids is 1. The van der Waals surface area contributed by atoms with Gasteiger partial charge in [-0.3, -0.25) is 10.1 Å². The van der Waals surface area contributed by atoms with Crippen LogP contribution >= 0.6 is 0 Å². The number of carbonyl (C=O) groups is 1. The van der Waals surface area contributed by atoms with Crippen LogP contribution in [0, 0.1) is 10.1 Å². The molecule has 19 heavy (non-hydrogen) atoms. The number of aromatic nitrogens is 1. The lowest BCUT2D eigenvalue weighted by molar-refractivity contribution is -0.385. The van der Waals surface area contributed by atoms with Gasteiger partial charge in [0.05, 0.1) is 4.92 Å². The van der Waals surface area contributed by atoms with Crippen LogP contribution in [0.15, 0.2) is 12.3 Å². The van der Waals surface area contributed by atoms with Crippen molar-refractivity contribution in [2.75, 3.05) is 18.0 Å². The highest BCUT2D eigenvalue weighted by Crippen LogP contribution is 2.24. The number of carboxylic acid groups (broad SMARTS) is 1. The second-order valence-electron chi connectivity index (χ2n) is 4.47. The Bertz CT molecular complexity index is 519. The lowest BCUT2D eigenvalue weighted by Crippen LogP contribution is -2.43. The van der Waals surface area contributed by atoms with Crippen LogP contribution in [-0.2, 0) is 0 Å². The molecule has 1 fully saturated rings. The first kappa shape index (κ1) is 13.2. The minimum atomic E-state index is -1.34. The SMILES string of the molecule is NC1CCCN(c2cc(C(=O)O)c([N+](=O)[O-])cn2)C1. The van der Waals surface area contributed by atoms with Crippen LogP contribution in [0.4, 0.5) is 11.5 Å². The second kappa shape index (κ2) is 5.19. The van der Waals surface area contributed by atoms with E-state index in [9.17, 15) is 14.9 Å². The smallest absolute Gasteiger partial charge is 0.342 e. The van der Waals surface area contributed by atoms with Crippen molar-refractivity contribution >= 4 is 17.5 Å². The molecule has 1 aromatic heterocycles. The van der Waals surface area contributed by atoms with Crippen molar-refractivity contribution < 1.29 is 14.8 Å². The topological polar surface area (TPSA) is 123 Å². The van der Waals surface area contributed by atoms with E-state index in [0.29, 0.717) is 12.4 Å². The molecular weight excluding hydrogens is 252 g/mol. The van der Waals surface area contributed by atoms with Gasteiger partial charge in [-0.2, -0.15) is 0 Å². The molecule has 0 bridgehead atoms. The molecule has 2 rings (SSSR count). The van der Waals surface area contributed by atoms with Crippen LogP contribution in [0.25, 0.3) is 0 Å². The molecule has 1 aliphatic rings. The van der Waals surface area contributed by atoms with E-state index in [2.05, 4.69) is 4.98 Å². The van der Waals surface area contributed by atoms with Gasteiger partial charge in [-0.15, -0.1) is 0 Å². The molecular formula is C11H14N4O4. The van der Waals surface area contributed by atoms with Crippen LogP contribution in [0.5, 0.6) is 0 Å². The number of rotatable bonds is 3. The van der Waals surface area contributed by atoms with Crippen molar-refractivity contribution in [2.24, 2.45) is 5.73 Å². The minimum Gasteiger partial charge on any atom is -0.477 e. The highest BCUT2D eigenvalue weighted by molar-refractivity contribution is 5.93. The van der Waals surface area contributed by atoms with Crippen LogP contribution in [-0.4, -0.2) is 40.1 Å². The molecule has 1 unspecified atom stereocenters. The van der Waals surface area contributed by atoms with E-state index in [4.69, 9.17) is 10.8 Å². The van der Waals surface area contributed by atoms with E-state index >= 15 is 0 Å². The van der Waals surface area contributed by atoms with E-state index in [1.165, 1.54) is 6.07 Å². The normalized spacial score (nSPS) is 19.2. The quantitative estimate of drug-likeness (QED) is 0.607. The second-order valence-corrected chi connectivity index (χ2v) is 4.47. The monoisotopic (exact) mass is 266 g/mol. The summed E-state index contributed by atoms with van der Waals surface area (Å²) in [6.45, 7) is 1.29. The lowest BCUT2D eigenvalue weighted by atomic mass is 10.1. The fraction of sp³-hybridized carbons (Fsp3) is 0.455. The van der Waals surface area contributed by atoms with E-state index < -0.39 is 16.6 Å². The Labute approximate surface area is 109 Å². The number of pyridine rings is 1. The number of anilines is 1. The molecule has 0 aromatic carbocycles. The molecule has 2 heterocycles. The molecule has 0 aliphatic carbocycles. The number of nitro groups is 1. The lowest BCUT2D eigenvalue weighted by Gasteiger charge is -2.31. The number of hydrogen-bond donors (Lipinski definition) is 2. The molecule has 0 radical (unpaired) electrons. The summed E-state index contributed by atoms with van der Waals surface area (Å²) in [4.78, 5) is 26.9. The summed E-state index contributed by atoms with van der Waals surface area (Å²) in [5.74, 6) is -0.921. The van der Waals surface area contributed by atoms with Gasteiger partial charge in [-0.05, 0) is 12.8 Å². The van der Waals surface area contributed by atoms with Crippen LogP contribution in [0.3, 0.4) is 0 Å². The van der Waals surface area contributed by atoms with Gasteiger partial charge < -0.3 is 15.7 Å². The third-order valence-electron chi connectivity index (χ3n) is 3.08. The van der Waals surface area contributed by atoms with Gasteiger partial charge in [0.1, 0.15) is 17.6 Å². The standard InChI is InChI=1S/C11H14N4O4/c12-7-2-1-3-14(6-7)10-4-8(11(16)17)9(5-13-10)15(18)19/h4-5,7H,1-3,6,12H2,(H,16,17). The Morgan fingerprint density at radius 3 is 2.95 bits per heavy atom. The van der Waals surface area contributed by atoms with E-state index in [-0.39, 0.29) is 11.6 Å². The molecule has 1 aliphatic heterocycles. The Hall–Kier alpha value is -2.22. The molecule has 8 heteroatoms. The highest BCUT2D eigenvalue weighted by Gasteiger charge is 2.24. The Kier molecular flexibility index (Phi) is 3.61. The Morgan fingerprint density at radius 1 is 1.63 bits per heavy atom. The summed E-state index contributed by atoms with van der Waals surface area (Å²) >= 11 is 0. The van der Waals surface area contributed by atoms with Crippen LogP contribution in [0.1, 0.15) is 23.2 Å². The van der Waals surface area contributed by atoms with E-state index in [1.807, 2.05) is 4.90 Å². The first-order chi connectivity index (χ1) is 8.99. The summed E-state index contributed by atoms with van der Waals surface area (Å²) in [6.07, 6.45) is 2.79. The zero-order chi connectivity index (χ0) is 14.0. The van der Waals surface area contributed by atoms with Crippen LogP contribution < -0.4 is 10.6 Å². The van der Waals surface area contributed by atoms with Gasteiger partial charge in [0, 0.05) is 25.2 Å². The summed E-state index contributed by atoms with van der Waals surface area (Å²) < 4.78 is 0. The van der Waals surface area contributed by atoms with Gasteiger partial charge in [0.2, 0.25) is 0 Å². The predicted octanol–water partition coefficient (Wildman–Crippen LogP) is 0.616. The summed E-state index contributed by atoms with van der Waals surface area (Å²) in [6, 6.07) is 1.25. The largest absolute Gasteiger partial charge is 0.477 e. The van der Waals surface area contributed by atoms with Crippen molar-refractivity contribution in [3.63, 3.8) is 0 Å². The molecule has 1 atom stereocenters. The summed E-state index contributed by atoms with van der Waals surface area (Å²) in [5, 5.41) is 19.7. The fourth-order valence-corrected chi connectivity index (χ4v) is 2.14. The number of nitrogens with two attached hydrogens (primary N) is 1. The minimum absolute atomic E-state index is 0.0130. The average Bonchev–Trinajstić information content (AvgIpc) is 2.37. The maximum Gasteiger partial charge on any atom is 0.342 e. The van der Waals surface area contributed by atoms with Gasteiger partial charge in [0.25, 0.3) is 0 Å². The van der Waals surface area contributed by atoms with Crippen molar-refractivity contribution in [1.82, 2.24) is 4.98 Å². The maximum absolute atomic E-state index is 11.1. The number of hydrogen-bond acceptors (Lipinski definition) is 6.